The smallest absolute Gasteiger partial charge is 0.489 e. The monoisotopic (exact) mass is 309 g/mol. The minimum atomic E-state index is -1.26. The van der Waals surface area contributed by atoms with Gasteiger partial charge in [0.25, 0.3) is 0 Å². The van der Waals surface area contributed by atoms with Crippen LogP contribution in [-0.2, 0) is 11.4 Å². The molecule has 0 saturated carbocycles. The van der Waals surface area contributed by atoms with Crippen LogP contribution in [0.2, 0.25) is 0 Å². The fourth-order valence-corrected chi connectivity index (χ4v) is 1.68. The maximum Gasteiger partial charge on any atom is 1.00 e. The molecular weight excluding hydrogens is 291 g/mol. The van der Waals surface area contributed by atoms with E-state index in [4.69, 9.17) is 14.6 Å². The molecule has 0 bridgehead atoms. The van der Waals surface area contributed by atoms with E-state index in [-0.39, 0.29) is 29.6 Å². The first kappa shape index (κ1) is 18.6. The largest absolute Gasteiger partial charge is 1.00 e. The van der Waals surface area contributed by atoms with Crippen LogP contribution < -0.4 is 39.0 Å². The standard InChI is InChI=1S/C17H18O4.Na/c1-17(2,16(18)19)21-15-10-8-14(9-11-15)20-12-13-6-4-3-5-7-13;/h3-11H,12H2,1-2H3,(H,18,19);/q;+1. The number of hydrogen-bond acceptors (Lipinski definition) is 3. The Hall–Kier alpha value is -1.49. The van der Waals surface area contributed by atoms with Crippen LogP contribution in [0.3, 0.4) is 0 Å². The maximum absolute atomic E-state index is 11.0. The number of rotatable bonds is 6. The molecule has 0 aliphatic heterocycles. The molecule has 2 aromatic rings. The summed E-state index contributed by atoms with van der Waals surface area (Å²) in [5, 5.41) is 9.02. The van der Waals surface area contributed by atoms with E-state index >= 15 is 0 Å². The molecule has 0 atom stereocenters. The normalized spacial score (nSPS) is 10.5. The van der Waals surface area contributed by atoms with Crippen LogP contribution in [-0.4, -0.2) is 16.7 Å². The predicted molar refractivity (Wildman–Crippen MR) is 79.6 cm³/mol. The van der Waals surface area contributed by atoms with Crippen LogP contribution in [0.25, 0.3) is 0 Å². The van der Waals surface area contributed by atoms with Gasteiger partial charge in [0.1, 0.15) is 18.1 Å². The van der Waals surface area contributed by atoms with E-state index in [0.717, 1.165) is 5.56 Å². The summed E-state index contributed by atoms with van der Waals surface area (Å²) in [6, 6.07) is 16.8. The summed E-state index contributed by atoms with van der Waals surface area (Å²) in [6.45, 7) is 3.51. The average Bonchev–Trinajstić information content (AvgIpc) is 2.47. The van der Waals surface area contributed by atoms with Crippen LogP contribution in [0.5, 0.6) is 11.5 Å². The number of carboxylic acids is 1. The van der Waals surface area contributed by atoms with Gasteiger partial charge in [-0.2, -0.15) is 0 Å². The van der Waals surface area contributed by atoms with E-state index in [9.17, 15) is 4.79 Å². The predicted octanol–water partition coefficient (Wildman–Crippen LogP) is 0.512. The van der Waals surface area contributed by atoms with Crippen molar-refractivity contribution in [2.45, 2.75) is 26.1 Å². The summed E-state index contributed by atoms with van der Waals surface area (Å²) in [6.07, 6.45) is 0. The zero-order valence-electron chi connectivity index (χ0n) is 13.1. The molecular formula is C17H18NaO4+. The Morgan fingerprint density at radius 1 is 1.00 bits per heavy atom. The molecule has 0 fully saturated rings. The van der Waals surface area contributed by atoms with Crippen LogP contribution >= 0.6 is 0 Å². The molecule has 0 radical (unpaired) electrons. The number of carbonyl (C=O) groups is 1. The van der Waals surface area contributed by atoms with Crippen molar-refractivity contribution in [1.82, 2.24) is 0 Å². The second-order valence-corrected chi connectivity index (χ2v) is 5.16. The van der Waals surface area contributed by atoms with Crippen molar-refractivity contribution in [1.29, 1.82) is 0 Å². The van der Waals surface area contributed by atoms with Crippen molar-refractivity contribution in [3.63, 3.8) is 0 Å². The SMILES string of the molecule is CC(C)(Oc1ccc(OCc2ccccc2)cc1)C(=O)O.[Na+]. The molecule has 0 heterocycles. The molecule has 2 aromatic carbocycles. The number of ether oxygens (including phenoxy) is 2. The van der Waals surface area contributed by atoms with Gasteiger partial charge in [-0.3, -0.25) is 0 Å². The third kappa shape index (κ3) is 5.37. The van der Waals surface area contributed by atoms with Crippen molar-refractivity contribution in [3.05, 3.63) is 60.2 Å². The van der Waals surface area contributed by atoms with Gasteiger partial charge in [-0.05, 0) is 43.7 Å². The number of carboxylic acid groups (broad SMARTS) is 1. The van der Waals surface area contributed by atoms with E-state index in [0.29, 0.717) is 18.1 Å². The molecule has 0 unspecified atom stereocenters. The van der Waals surface area contributed by atoms with E-state index in [1.54, 1.807) is 24.3 Å². The first-order chi connectivity index (χ1) is 9.97. The zero-order valence-corrected chi connectivity index (χ0v) is 15.1. The first-order valence-electron chi connectivity index (χ1n) is 6.66. The molecule has 1 N–H and O–H groups in total. The van der Waals surface area contributed by atoms with Crippen LogP contribution in [0.4, 0.5) is 0 Å². The van der Waals surface area contributed by atoms with Gasteiger partial charge in [-0.25, -0.2) is 4.79 Å². The van der Waals surface area contributed by atoms with Crippen LogP contribution in [0.15, 0.2) is 54.6 Å². The Balaban J connectivity index is 0.00000242. The van der Waals surface area contributed by atoms with Gasteiger partial charge < -0.3 is 14.6 Å². The Morgan fingerprint density at radius 2 is 1.55 bits per heavy atom. The van der Waals surface area contributed by atoms with Gasteiger partial charge in [-0.1, -0.05) is 30.3 Å². The van der Waals surface area contributed by atoms with E-state index < -0.39 is 11.6 Å². The molecule has 0 aliphatic carbocycles. The summed E-state index contributed by atoms with van der Waals surface area (Å²) in [5.74, 6) is 0.195. The fraction of sp³-hybridized carbons (Fsp3) is 0.235. The third-order valence-electron chi connectivity index (χ3n) is 2.96. The number of hydrogen-bond donors (Lipinski definition) is 1. The fourth-order valence-electron chi connectivity index (χ4n) is 1.68. The van der Waals surface area contributed by atoms with Crippen LogP contribution in [0, 0.1) is 0 Å². The van der Waals surface area contributed by atoms with Gasteiger partial charge in [0.2, 0.25) is 0 Å². The maximum atomic E-state index is 11.0. The average molecular weight is 309 g/mol. The summed E-state index contributed by atoms with van der Waals surface area (Å²) in [5.41, 5.74) is -0.170. The molecule has 0 aliphatic rings. The second kappa shape index (κ2) is 8.22. The Morgan fingerprint density at radius 3 is 2.09 bits per heavy atom. The van der Waals surface area contributed by atoms with Gasteiger partial charge >= 0.3 is 35.5 Å². The molecule has 0 amide bonds. The molecule has 4 nitrogen and oxygen atoms in total. The molecule has 0 saturated heterocycles. The summed E-state index contributed by atoms with van der Waals surface area (Å²) < 4.78 is 11.1. The van der Waals surface area contributed by atoms with E-state index in [2.05, 4.69) is 0 Å². The van der Waals surface area contributed by atoms with Gasteiger partial charge in [-0.15, -0.1) is 0 Å². The minimum Gasteiger partial charge on any atom is -0.489 e. The van der Waals surface area contributed by atoms with Gasteiger partial charge in [0.05, 0.1) is 0 Å². The topological polar surface area (TPSA) is 55.8 Å². The Kier molecular flexibility index (Phi) is 6.94. The number of aliphatic carboxylic acids is 1. The van der Waals surface area contributed by atoms with Crippen molar-refractivity contribution in [2.75, 3.05) is 0 Å². The van der Waals surface area contributed by atoms with Crippen molar-refractivity contribution < 1.29 is 48.9 Å². The molecule has 110 valence electrons. The Labute approximate surface area is 152 Å². The van der Waals surface area contributed by atoms with Crippen molar-refractivity contribution in [2.24, 2.45) is 0 Å². The van der Waals surface area contributed by atoms with Gasteiger partial charge in [0.15, 0.2) is 5.60 Å². The number of benzene rings is 2. The molecule has 22 heavy (non-hydrogen) atoms. The molecule has 0 aromatic heterocycles. The van der Waals surface area contributed by atoms with E-state index in [1.165, 1.54) is 13.8 Å². The zero-order chi connectivity index (χ0) is 15.3. The quantitative estimate of drug-likeness (QED) is 0.790. The van der Waals surface area contributed by atoms with Gasteiger partial charge in [0, 0.05) is 0 Å². The third-order valence-corrected chi connectivity index (χ3v) is 2.96. The summed E-state index contributed by atoms with van der Waals surface area (Å²) in [4.78, 5) is 11.0. The van der Waals surface area contributed by atoms with Crippen molar-refractivity contribution >= 4 is 5.97 Å². The minimum absolute atomic E-state index is 0. The van der Waals surface area contributed by atoms with E-state index in [1.807, 2.05) is 30.3 Å². The first-order valence-corrected chi connectivity index (χ1v) is 6.66. The van der Waals surface area contributed by atoms with Crippen LogP contribution in [0.1, 0.15) is 19.4 Å². The molecule has 2 rings (SSSR count). The molecule has 0 spiro atoms. The molecule has 5 heteroatoms. The summed E-state index contributed by atoms with van der Waals surface area (Å²) in [7, 11) is 0. The Bertz CT molecular complexity index is 594. The summed E-state index contributed by atoms with van der Waals surface area (Å²) >= 11 is 0. The second-order valence-electron chi connectivity index (χ2n) is 5.16. The van der Waals surface area contributed by atoms with Crippen molar-refractivity contribution in [3.8, 4) is 11.5 Å².